The van der Waals surface area contributed by atoms with E-state index >= 15 is 0 Å². The van der Waals surface area contributed by atoms with E-state index in [1.165, 1.54) is 12.8 Å². The normalized spacial score (nSPS) is 44.7. The van der Waals surface area contributed by atoms with Gasteiger partial charge < -0.3 is 0 Å². The van der Waals surface area contributed by atoms with E-state index in [-0.39, 0.29) is 22.5 Å². The first kappa shape index (κ1) is 15.9. The van der Waals surface area contributed by atoms with Crippen LogP contribution in [0.5, 0.6) is 0 Å². The molecule has 0 unspecified atom stereocenters. The van der Waals surface area contributed by atoms with Gasteiger partial charge in [0.15, 0.2) is 11.9 Å². The number of rotatable bonds is 3. The van der Waals surface area contributed by atoms with Gasteiger partial charge in [-0.2, -0.15) is 14.7 Å². The Morgan fingerprint density at radius 1 is 1.14 bits per heavy atom. The highest BCUT2D eigenvalue weighted by Gasteiger charge is 2.67. The molecule has 0 radical (unpaired) electrons. The highest BCUT2D eigenvalue weighted by Crippen LogP contribution is 2.71. The molecule has 0 aromatic rings. The second-order valence-corrected chi connectivity index (χ2v) is 10.2. The van der Waals surface area contributed by atoms with E-state index in [1.807, 2.05) is 0 Å². The third-order valence-corrected chi connectivity index (χ3v) is 7.58. The molecular formula is C16H28O4P+. The SMILES string of the molecule is CC1(C)CCC[C@@]2(C)[C@@H]3CC[C@@H]([C@@H]31)[C@@H]2C(=O)C[P+](O)(O)O. The summed E-state index contributed by atoms with van der Waals surface area (Å²) in [7, 11) is -4.01. The average molecular weight is 315 g/mol. The van der Waals surface area contributed by atoms with Crippen LogP contribution in [-0.4, -0.2) is 26.6 Å². The lowest BCUT2D eigenvalue weighted by atomic mass is 9.63. The van der Waals surface area contributed by atoms with Crippen LogP contribution in [0.15, 0.2) is 0 Å². The van der Waals surface area contributed by atoms with E-state index in [9.17, 15) is 19.5 Å². The molecule has 0 spiro atoms. The van der Waals surface area contributed by atoms with Crippen molar-refractivity contribution < 1.29 is 19.5 Å². The Morgan fingerprint density at radius 3 is 2.43 bits per heavy atom. The molecule has 21 heavy (non-hydrogen) atoms. The summed E-state index contributed by atoms with van der Waals surface area (Å²) in [5.74, 6) is 1.31. The van der Waals surface area contributed by atoms with Gasteiger partial charge in [-0.05, 0) is 54.3 Å². The third-order valence-electron chi connectivity index (χ3n) is 6.85. The van der Waals surface area contributed by atoms with Crippen LogP contribution in [0, 0.1) is 34.5 Å². The zero-order valence-corrected chi connectivity index (χ0v) is 14.1. The molecule has 5 heteroatoms. The molecule has 3 saturated carbocycles. The Kier molecular flexibility index (Phi) is 3.58. The van der Waals surface area contributed by atoms with Gasteiger partial charge >= 0.3 is 7.94 Å². The molecule has 4 nitrogen and oxygen atoms in total. The van der Waals surface area contributed by atoms with Gasteiger partial charge in [0, 0.05) is 5.92 Å². The molecule has 4 bridgehead atoms. The molecule has 0 aliphatic heterocycles. The van der Waals surface area contributed by atoms with Crippen molar-refractivity contribution in [2.45, 2.75) is 52.9 Å². The van der Waals surface area contributed by atoms with E-state index < -0.39 is 14.1 Å². The molecule has 3 aliphatic carbocycles. The summed E-state index contributed by atoms with van der Waals surface area (Å²) in [5.41, 5.74) is 0.260. The fourth-order valence-electron chi connectivity index (χ4n) is 6.33. The summed E-state index contributed by atoms with van der Waals surface area (Å²) in [6, 6.07) is 0. The van der Waals surface area contributed by atoms with Crippen LogP contribution in [0.25, 0.3) is 0 Å². The zero-order valence-electron chi connectivity index (χ0n) is 13.2. The van der Waals surface area contributed by atoms with Crippen molar-refractivity contribution >= 4 is 13.7 Å². The Labute approximate surface area is 127 Å². The van der Waals surface area contributed by atoms with Gasteiger partial charge in [-0.1, -0.05) is 27.2 Å². The molecular weight excluding hydrogens is 287 g/mol. The van der Waals surface area contributed by atoms with Gasteiger partial charge in [0.25, 0.3) is 0 Å². The van der Waals surface area contributed by atoms with Crippen LogP contribution in [0.2, 0.25) is 0 Å². The minimum absolute atomic E-state index is 0.00634. The Hall–Kier alpha value is -0.0200. The largest absolute Gasteiger partial charge is 0.411 e. The number of hydrogen-bond acceptors (Lipinski definition) is 4. The number of ketones is 1. The number of carbonyl (C=O) groups excluding carboxylic acids is 1. The van der Waals surface area contributed by atoms with Crippen molar-refractivity contribution in [3.8, 4) is 0 Å². The van der Waals surface area contributed by atoms with Crippen LogP contribution in [0.4, 0.5) is 0 Å². The van der Waals surface area contributed by atoms with E-state index in [2.05, 4.69) is 20.8 Å². The second kappa shape index (κ2) is 4.74. The van der Waals surface area contributed by atoms with Gasteiger partial charge in [-0.15, -0.1) is 0 Å². The molecule has 0 amide bonds. The summed E-state index contributed by atoms with van der Waals surface area (Å²) in [4.78, 5) is 40.6. The summed E-state index contributed by atoms with van der Waals surface area (Å²) >= 11 is 0. The highest BCUT2D eigenvalue weighted by molar-refractivity contribution is 7.59. The molecule has 3 N–H and O–H groups in total. The maximum atomic E-state index is 12.7. The Balaban J connectivity index is 1.95. The smallest absolute Gasteiger partial charge is 0.295 e. The molecule has 3 aliphatic rings. The first-order valence-corrected chi connectivity index (χ1v) is 9.98. The van der Waals surface area contributed by atoms with Crippen LogP contribution in [-0.2, 0) is 4.79 Å². The van der Waals surface area contributed by atoms with Crippen LogP contribution in [0.1, 0.15) is 52.9 Å². The number of hydrogen-bond donors (Lipinski definition) is 3. The molecule has 0 aromatic carbocycles. The predicted molar refractivity (Wildman–Crippen MR) is 82.4 cm³/mol. The molecule has 0 saturated heterocycles. The Morgan fingerprint density at radius 2 is 1.81 bits per heavy atom. The summed E-state index contributed by atoms with van der Waals surface area (Å²) in [6.07, 6.45) is 5.25. The molecule has 5 atom stereocenters. The average Bonchev–Trinajstić information content (AvgIpc) is 2.76. The van der Waals surface area contributed by atoms with Crippen molar-refractivity contribution in [1.29, 1.82) is 0 Å². The van der Waals surface area contributed by atoms with Crippen molar-refractivity contribution in [3.63, 3.8) is 0 Å². The monoisotopic (exact) mass is 315 g/mol. The van der Waals surface area contributed by atoms with Crippen molar-refractivity contribution in [3.05, 3.63) is 0 Å². The van der Waals surface area contributed by atoms with Gasteiger partial charge in [0.1, 0.15) is 0 Å². The second-order valence-electron chi connectivity index (χ2n) is 8.52. The van der Waals surface area contributed by atoms with E-state index in [0.29, 0.717) is 17.8 Å². The summed E-state index contributed by atoms with van der Waals surface area (Å²) in [5, 5.41) is 0. The summed E-state index contributed by atoms with van der Waals surface area (Å²) < 4.78 is 0. The predicted octanol–water partition coefficient (Wildman–Crippen LogP) is 2.78. The zero-order chi connectivity index (χ0) is 15.6. The van der Waals surface area contributed by atoms with Crippen LogP contribution >= 0.6 is 7.94 Å². The lowest BCUT2D eigenvalue weighted by Crippen LogP contribution is -2.40. The number of carbonyl (C=O) groups is 1. The fourth-order valence-corrected chi connectivity index (χ4v) is 6.95. The minimum Gasteiger partial charge on any atom is -0.295 e. The topological polar surface area (TPSA) is 77.8 Å². The minimum atomic E-state index is -4.01. The summed E-state index contributed by atoms with van der Waals surface area (Å²) in [6.45, 7) is 6.91. The highest BCUT2D eigenvalue weighted by atomic mass is 31.2. The quantitative estimate of drug-likeness (QED) is 0.700. The maximum Gasteiger partial charge on any atom is 0.411 e. The van der Waals surface area contributed by atoms with Gasteiger partial charge in [0.05, 0.1) is 0 Å². The van der Waals surface area contributed by atoms with E-state index in [0.717, 1.165) is 19.3 Å². The molecule has 0 heterocycles. The maximum absolute atomic E-state index is 12.7. The molecule has 0 aromatic heterocycles. The fraction of sp³-hybridized carbons (Fsp3) is 0.938. The number of Topliss-reactive ketones (excluding diaryl/α,β-unsaturated/α-hetero) is 1. The molecule has 120 valence electrons. The van der Waals surface area contributed by atoms with Gasteiger partial charge in [-0.3, -0.25) is 4.79 Å². The standard InChI is InChI=1S/C16H28O4P/c1-15(2)7-4-8-16(3)11-6-5-10(13(11)15)14(16)12(17)9-21(18,19)20/h10-11,13-14,18-20H,4-9H2,1-3H3/q+1/t10-,11+,13-,14+,16-/m0/s1. The van der Waals surface area contributed by atoms with Gasteiger partial charge in [-0.25, -0.2) is 0 Å². The van der Waals surface area contributed by atoms with Crippen LogP contribution < -0.4 is 0 Å². The van der Waals surface area contributed by atoms with Crippen molar-refractivity contribution in [2.75, 3.05) is 6.16 Å². The van der Waals surface area contributed by atoms with E-state index in [1.54, 1.807) is 0 Å². The van der Waals surface area contributed by atoms with Crippen molar-refractivity contribution in [1.82, 2.24) is 0 Å². The lowest BCUT2D eigenvalue weighted by Gasteiger charge is -2.40. The van der Waals surface area contributed by atoms with Gasteiger partial charge in [0.2, 0.25) is 0 Å². The molecule has 3 fully saturated rings. The lowest BCUT2D eigenvalue weighted by molar-refractivity contribution is -0.127. The first-order valence-electron chi connectivity index (χ1n) is 8.15. The first-order chi connectivity index (χ1) is 9.56. The Bertz CT molecular complexity index is 456. The molecule has 3 rings (SSSR count). The third kappa shape index (κ3) is 2.39. The van der Waals surface area contributed by atoms with Crippen molar-refractivity contribution in [2.24, 2.45) is 34.5 Å². The van der Waals surface area contributed by atoms with Crippen LogP contribution in [0.3, 0.4) is 0 Å². The van der Waals surface area contributed by atoms with E-state index in [4.69, 9.17) is 0 Å².